The van der Waals surface area contributed by atoms with Crippen LogP contribution in [0, 0.1) is 19.7 Å². The SMILES string of the molecule is Cc1cccc(N(CC(=O)N(Cc2ccc(F)cc2)[C@H](Cc2ccccc2)C(=O)NC(C)C)S(C)(=O)=O)c1C. The first-order chi connectivity index (χ1) is 18.4. The van der Waals surface area contributed by atoms with E-state index in [1.54, 1.807) is 31.2 Å². The topological polar surface area (TPSA) is 86.8 Å². The molecule has 0 aliphatic heterocycles. The lowest BCUT2D eigenvalue weighted by molar-refractivity contribution is -0.140. The molecule has 1 atom stereocenters. The molecule has 9 heteroatoms. The first kappa shape index (κ1) is 29.8. The van der Waals surface area contributed by atoms with Gasteiger partial charge in [0.15, 0.2) is 0 Å². The van der Waals surface area contributed by atoms with Crippen LogP contribution < -0.4 is 9.62 Å². The summed E-state index contributed by atoms with van der Waals surface area (Å²) in [6.07, 6.45) is 1.27. The summed E-state index contributed by atoms with van der Waals surface area (Å²) in [5, 5.41) is 2.90. The Morgan fingerprint density at radius 2 is 1.54 bits per heavy atom. The average Bonchev–Trinajstić information content (AvgIpc) is 2.87. The normalized spacial score (nSPS) is 12.2. The number of halogens is 1. The second-order valence-corrected chi connectivity index (χ2v) is 11.9. The van der Waals surface area contributed by atoms with Crippen molar-refractivity contribution in [1.29, 1.82) is 0 Å². The van der Waals surface area contributed by atoms with Crippen molar-refractivity contribution in [2.75, 3.05) is 17.1 Å². The van der Waals surface area contributed by atoms with Crippen LogP contribution in [-0.4, -0.2) is 50.0 Å². The third-order valence-electron chi connectivity index (χ3n) is 6.49. The molecule has 3 aromatic rings. The first-order valence-corrected chi connectivity index (χ1v) is 14.6. The van der Waals surface area contributed by atoms with Gasteiger partial charge in [0.25, 0.3) is 0 Å². The molecule has 0 fully saturated rings. The lowest BCUT2D eigenvalue weighted by Gasteiger charge is -2.34. The number of benzene rings is 3. The maximum Gasteiger partial charge on any atom is 0.244 e. The van der Waals surface area contributed by atoms with Crippen LogP contribution in [0.4, 0.5) is 10.1 Å². The highest BCUT2D eigenvalue weighted by Gasteiger charge is 2.33. The molecule has 0 spiro atoms. The number of carbonyl (C=O) groups is 2. The number of carbonyl (C=O) groups excluding carboxylic acids is 2. The van der Waals surface area contributed by atoms with E-state index in [1.807, 2.05) is 57.2 Å². The highest BCUT2D eigenvalue weighted by atomic mass is 32.2. The zero-order valence-electron chi connectivity index (χ0n) is 23.0. The van der Waals surface area contributed by atoms with Gasteiger partial charge in [0.1, 0.15) is 18.4 Å². The quantitative estimate of drug-likeness (QED) is 0.382. The van der Waals surface area contributed by atoms with Gasteiger partial charge in [-0.1, -0.05) is 54.6 Å². The molecular formula is C30H36FN3O4S. The minimum atomic E-state index is -3.85. The molecule has 0 unspecified atom stereocenters. The Morgan fingerprint density at radius 3 is 2.13 bits per heavy atom. The number of aryl methyl sites for hydroxylation is 1. The zero-order chi connectivity index (χ0) is 28.7. The predicted octanol–water partition coefficient (Wildman–Crippen LogP) is 4.37. The summed E-state index contributed by atoms with van der Waals surface area (Å²) >= 11 is 0. The van der Waals surface area contributed by atoms with E-state index in [4.69, 9.17) is 0 Å². The number of rotatable bonds is 11. The summed E-state index contributed by atoms with van der Waals surface area (Å²) in [7, 11) is -3.85. The number of sulfonamides is 1. The van der Waals surface area contributed by atoms with Crippen LogP contribution >= 0.6 is 0 Å². The van der Waals surface area contributed by atoms with Crippen LogP contribution in [0.15, 0.2) is 72.8 Å². The number of hydrogen-bond donors (Lipinski definition) is 1. The standard InChI is InChI=1S/C30H36FN3O4S/c1-21(2)32-30(36)28(18-24-11-7-6-8-12-24)33(19-25-14-16-26(31)17-15-25)29(35)20-34(39(5,37)38)27-13-9-10-22(3)23(27)4/h6-17,21,28H,18-20H2,1-5H3,(H,32,36)/t28-/m1/s1. The maximum atomic E-state index is 14.0. The fourth-order valence-corrected chi connectivity index (χ4v) is 5.22. The molecule has 2 amide bonds. The van der Waals surface area contributed by atoms with Crippen LogP contribution in [0.2, 0.25) is 0 Å². The van der Waals surface area contributed by atoms with Crippen molar-refractivity contribution in [3.63, 3.8) is 0 Å². The van der Waals surface area contributed by atoms with Crippen molar-refractivity contribution in [3.8, 4) is 0 Å². The van der Waals surface area contributed by atoms with E-state index < -0.39 is 34.3 Å². The van der Waals surface area contributed by atoms with Crippen LogP contribution in [0.3, 0.4) is 0 Å². The van der Waals surface area contributed by atoms with E-state index in [2.05, 4.69) is 5.32 Å². The van der Waals surface area contributed by atoms with E-state index >= 15 is 0 Å². The Hall–Kier alpha value is -3.72. The summed E-state index contributed by atoms with van der Waals surface area (Å²) < 4.78 is 40.6. The molecule has 39 heavy (non-hydrogen) atoms. The highest BCUT2D eigenvalue weighted by molar-refractivity contribution is 7.92. The molecule has 7 nitrogen and oxygen atoms in total. The molecular weight excluding hydrogens is 517 g/mol. The first-order valence-electron chi connectivity index (χ1n) is 12.8. The summed E-state index contributed by atoms with van der Waals surface area (Å²) in [6, 6.07) is 19.1. The van der Waals surface area contributed by atoms with Gasteiger partial charge in [-0.05, 0) is 68.1 Å². The van der Waals surface area contributed by atoms with Gasteiger partial charge in [0, 0.05) is 19.0 Å². The molecule has 208 valence electrons. The van der Waals surface area contributed by atoms with Crippen molar-refractivity contribution in [1.82, 2.24) is 10.2 Å². The molecule has 3 aromatic carbocycles. The molecule has 0 bridgehead atoms. The molecule has 0 aliphatic rings. The number of hydrogen-bond acceptors (Lipinski definition) is 4. The Balaban J connectivity index is 2.07. The average molecular weight is 554 g/mol. The zero-order valence-corrected chi connectivity index (χ0v) is 23.8. The molecule has 0 aliphatic carbocycles. The number of nitrogens with zero attached hydrogens (tertiary/aromatic N) is 2. The largest absolute Gasteiger partial charge is 0.352 e. The smallest absolute Gasteiger partial charge is 0.244 e. The molecule has 3 rings (SSSR count). The van der Waals surface area contributed by atoms with Gasteiger partial charge >= 0.3 is 0 Å². The molecule has 0 saturated heterocycles. The highest BCUT2D eigenvalue weighted by Crippen LogP contribution is 2.26. The fraction of sp³-hybridized carbons (Fsp3) is 0.333. The Bertz CT molecular complexity index is 1390. The van der Waals surface area contributed by atoms with Gasteiger partial charge in [-0.3, -0.25) is 13.9 Å². The molecule has 1 N–H and O–H groups in total. The van der Waals surface area contributed by atoms with Crippen LogP contribution in [0.25, 0.3) is 0 Å². The summed E-state index contributed by atoms with van der Waals surface area (Å²) in [5.74, 6) is -1.33. The van der Waals surface area contributed by atoms with Gasteiger partial charge in [0.05, 0.1) is 11.9 Å². The Morgan fingerprint density at radius 1 is 0.897 bits per heavy atom. The Labute approximate surface area is 230 Å². The fourth-order valence-electron chi connectivity index (χ4n) is 4.32. The summed E-state index contributed by atoms with van der Waals surface area (Å²) in [5.41, 5.74) is 3.47. The molecule has 0 radical (unpaired) electrons. The van der Waals surface area contributed by atoms with Gasteiger partial charge in [0.2, 0.25) is 21.8 Å². The van der Waals surface area contributed by atoms with Gasteiger partial charge in [-0.2, -0.15) is 0 Å². The van der Waals surface area contributed by atoms with E-state index in [0.717, 1.165) is 27.3 Å². The van der Waals surface area contributed by atoms with E-state index in [0.29, 0.717) is 11.3 Å². The number of amides is 2. The minimum absolute atomic E-state index is 0.00741. The van der Waals surface area contributed by atoms with Gasteiger partial charge in [-0.25, -0.2) is 12.8 Å². The van der Waals surface area contributed by atoms with E-state index in [1.165, 1.54) is 17.0 Å². The van der Waals surface area contributed by atoms with Crippen molar-refractivity contribution in [2.24, 2.45) is 0 Å². The predicted molar refractivity (Wildman–Crippen MR) is 152 cm³/mol. The van der Waals surface area contributed by atoms with Crippen molar-refractivity contribution in [2.45, 2.75) is 52.7 Å². The molecule has 0 heterocycles. The lowest BCUT2D eigenvalue weighted by atomic mass is 10.0. The number of anilines is 1. The van der Waals surface area contributed by atoms with Crippen LogP contribution in [-0.2, 0) is 32.6 Å². The second kappa shape index (κ2) is 12.9. The van der Waals surface area contributed by atoms with Gasteiger partial charge in [-0.15, -0.1) is 0 Å². The maximum absolute atomic E-state index is 14.0. The Kier molecular flexibility index (Phi) is 9.86. The van der Waals surface area contributed by atoms with E-state index in [9.17, 15) is 22.4 Å². The minimum Gasteiger partial charge on any atom is -0.352 e. The number of nitrogens with one attached hydrogen (secondary N) is 1. The lowest BCUT2D eigenvalue weighted by Crippen LogP contribution is -2.54. The molecule has 0 saturated carbocycles. The van der Waals surface area contributed by atoms with Crippen molar-refractivity contribution >= 4 is 27.5 Å². The monoisotopic (exact) mass is 553 g/mol. The van der Waals surface area contributed by atoms with Crippen molar-refractivity contribution in [3.05, 3.63) is 101 Å². The third-order valence-corrected chi connectivity index (χ3v) is 7.62. The third kappa shape index (κ3) is 8.13. The van der Waals surface area contributed by atoms with Gasteiger partial charge < -0.3 is 10.2 Å². The van der Waals surface area contributed by atoms with Crippen molar-refractivity contribution < 1.29 is 22.4 Å². The van der Waals surface area contributed by atoms with Crippen LogP contribution in [0.5, 0.6) is 0 Å². The second-order valence-electron chi connectivity index (χ2n) is 10.0. The molecule has 0 aromatic heterocycles. The van der Waals surface area contributed by atoms with Crippen LogP contribution in [0.1, 0.15) is 36.1 Å². The summed E-state index contributed by atoms with van der Waals surface area (Å²) in [6.45, 7) is 6.83. The summed E-state index contributed by atoms with van der Waals surface area (Å²) in [4.78, 5) is 28.9. The van der Waals surface area contributed by atoms with E-state index in [-0.39, 0.29) is 24.9 Å².